The Morgan fingerprint density at radius 1 is 1.18 bits per heavy atom. The summed E-state index contributed by atoms with van der Waals surface area (Å²) in [4.78, 5) is 17.4. The fourth-order valence-electron chi connectivity index (χ4n) is 2.88. The zero-order chi connectivity index (χ0) is 20.3. The van der Waals surface area contributed by atoms with Crippen molar-refractivity contribution in [2.24, 2.45) is 0 Å². The van der Waals surface area contributed by atoms with E-state index in [2.05, 4.69) is 10.3 Å². The van der Waals surface area contributed by atoms with Gasteiger partial charge in [-0.15, -0.1) is 0 Å². The summed E-state index contributed by atoms with van der Waals surface area (Å²) in [7, 11) is 0. The Kier molecular flexibility index (Phi) is 5.43. The predicted molar refractivity (Wildman–Crippen MR) is 105 cm³/mol. The molecule has 0 bridgehead atoms. The lowest BCUT2D eigenvalue weighted by molar-refractivity contribution is 0.0917. The minimum Gasteiger partial charge on any atom is -0.337 e. The maximum Gasteiger partial charge on any atom is 0.252 e. The monoisotopic (exact) mass is 393 g/mol. The van der Waals surface area contributed by atoms with Gasteiger partial charge >= 0.3 is 0 Å². The molecule has 140 valence electrons. The van der Waals surface area contributed by atoms with Crippen LogP contribution in [-0.4, -0.2) is 10.9 Å². The number of carbonyl (C=O) groups excluding carboxylic acids is 1. The first-order chi connectivity index (χ1) is 13.3. The molecule has 0 saturated carbocycles. The molecular formula is C22H17ClFN3O. The number of pyridine rings is 1. The zero-order valence-corrected chi connectivity index (χ0v) is 16.1. The lowest BCUT2D eigenvalue weighted by atomic mass is 9.87. The second kappa shape index (κ2) is 7.79. The van der Waals surface area contributed by atoms with Crippen molar-refractivity contribution in [3.8, 4) is 6.07 Å². The summed E-state index contributed by atoms with van der Waals surface area (Å²) in [6, 6.07) is 16.3. The van der Waals surface area contributed by atoms with E-state index in [-0.39, 0.29) is 11.1 Å². The van der Waals surface area contributed by atoms with E-state index in [1.165, 1.54) is 12.1 Å². The molecule has 0 radical (unpaired) electrons. The fourth-order valence-corrected chi connectivity index (χ4v) is 3.00. The standard InChI is InChI=1S/C22H17ClFN3O/c1-14-3-10-20(26-13-14)22(2,17-6-8-18(23)9-7-17)27-21(28)15-4-5-16(12-25)19(24)11-15/h3-11,13H,1-2H3,(H,27,28). The molecule has 1 atom stereocenters. The topological polar surface area (TPSA) is 65.8 Å². The molecule has 1 unspecified atom stereocenters. The van der Waals surface area contributed by atoms with Crippen molar-refractivity contribution in [2.75, 3.05) is 0 Å². The van der Waals surface area contributed by atoms with Gasteiger partial charge in [-0.25, -0.2) is 4.39 Å². The molecule has 28 heavy (non-hydrogen) atoms. The summed E-state index contributed by atoms with van der Waals surface area (Å²) < 4.78 is 13.9. The van der Waals surface area contributed by atoms with Crippen LogP contribution in [0.15, 0.2) is 60.8 Å². The molecule has 4 nitrogen and oxygen atoms in total. The zero-order valence-electron chi connectivity index (χ0n) is 15.3. The highest BCUT2D eigenvalue weighted by molar-refractivity contribution is 6.30. The first kappa shape index (κ1) is 19.5. The first-order valence-corrected chi connectivity index (χ1v) is 8.92. The van der Waals surface area contributed by atoms with Crippen LogP contribution in [0.25, 0.3) is 0 Å². The number of aromatic nitrogens is 1. The number of rotatable bonds is 4. The molecule has 1 N–H and O–H groups in total. The third-order valence-corrected chi connectivity index (χ3v) is 4.81. The van der Waals surface area contributed by atoms with E-state index in [0.717, 1.165) is 17.2 Å². The minimum absolute atomic E-state index is 0.114. The SMILES string of the molecule is Cc1ccc(C(C)(NC(=O)c2ccc(C#N)c(F)c2)c2ccc(Cl)cc2)nc1. The second-order valence-corrected chi connectivity index (χ2v) is 7.05. The molecule has 0 spiro atoms. The van der Waals surface area contributed by atoms with E-state index in [1.54, 1.807) is 24.4 Å². The van der Waals surface area contributed by atoms with Gasteiger partial charge in [0.2, 0.25) is 0 Å². The Morgan fingerprint density at radius 3 is 2.46 bits per heavy atom. The van der Waals surface area contributed by atoms with Crippen molar-refractivity contribution < 1.29 is 9.18 Å². The van der Waals surface area contributed by atoms with Gasteiger partial charge in [0.05, 0.1) is 11.3 Å². The number of nitrogens with zero attached hydrogens (tertiary/aromatic N) is 2. The lowest BCUT2D eigenvalue weighted by Gasteiger charge is -2.31. The van der Waals surface area contributed by atoms with Crippen molar-refractivity contribution in [2.45, 2.75) is 19.4 Å². The lowest BCUT2D eigenvalue weighted by Crippen LogP contribution is -2.45. The van der Waals surface area contributed by atoms with Gasteiger partial charge in [-0.05, 0) is 61.4 Å². The normalized spacial score (nSPS) is 12.7. The molecule has 2 aromatic carbocycles. The number of nitriles is 1. The van der Waals surface area contributed by atoms with Gasteiger partial charge in [0.1, 0.15) is 17.4 Å². The average Bonchev–Trinajstić information content (AvgIpc) is 2.68. The number of carbonyl (C=O) groups is 1. The number of hydrogen-bond acceptors (Lipinski definition) is 3. The van der Waals surface area contributed by atoms with Crippen LogP contribution in [-0.2, 0) is 5.54 Å². The van der Waals surface area contributed by atoms with Crippen LogP contribution in [0.3, 0.4) is 0 Å². The van der Waals surface area contributed by atoms with Crippen LogP contribution >= 0.6 is 11.6 Å². The smallest absolute Gasteiger partial charge is 0.252 e. The van der Waals surface area contributed by atoms with Gasteiger partial charge in [0.15, 0.2) is 0 Å². The van der Waals surface area contributed by atoms with Crippen molar-refractivity contribution in [3.63, 3.8) is 0 Å². The summed E-state index contributed by atoms with van der Waals surface area (Å²) >= 11 is 6.01. The molecule has 1 amide bonds. The fraction of sp³-hybridized carbons (Fsp3) is 0.136. The van der Waals surface area contributed by atoms with Crippen LogP contribution in [0, 0.1) is 24.1 Å². The van der Waals surface area contributed by atoms with E-state index in [4.69, 9.17) is 16.9 Å². The van der Waals surface area contributed by atoms with Gasteiger partial charge in [0.25, 0.3) is 5.91 Å². The number of benzene rings is 2. The van der Waals surface area contributed by atoms with Crippen molar-refractivity contribution in [1.29, 1.82) is 5.26 Å². The highest BCUT2D eigenvalue weighted by atomic mass is 35.5. The quantitative estimate of drug-likeness (QED) is 0.695. The van der Waals surface area contributed by atoms with Gasteiger partial charge in [0, 0.05) is 16.8 Å². The molecular weight excluding hydrogens is 377 g/mol. The van der Waals surface area contributed by atoms with Crippen molar-refractivity contribution in [3.05, 3.63) is 99.6 Å². The number of halogens is 2. The molecule has 3 rings (SSSR count). The molecule has 0 aliphatic heterocycles. The highest BCUT2D eigenvalue weighted by Crippen LogP contribution is 2.29. The van der Waals surface area contributed by atoms with Crippen molar-refractivity contribution in [1.82, 2.24) is 10.3 Å². The molecule has 3 aromatic rings. The summed E-state index contributed by atoms with van der Waals surface area (Å²) in [6.07, 6.45) is 1.72. The Morgan fingerprint density at radius 2 is 1.89 bits per heavy atom. The molecule has 0 saturated heterocycles. The Bertz CT molecular complexity index is 1010. The Balaban J connectivity index is 2.03. The summed E-state index contributed by atoms with van der Waals surface area (Å²) in [5, 5.41) is 12.4. The molecule has 0 aliphatic rings. The number of amides is 1. The van der Waals surface area contributed by atoms with E-state index >= 15 is 0 Å². The predicted octanol–water partition coefficient (Wildman–Crippen LogP) is 4.75. The van der Waals surface area contributed by atoms with Gasteiger partial charge in [-0.2, -0.15) is 5.26 Å². The Labute approximate surface area is 167 Å². The minimum atomic E-state index is -0.972. The van der Waals surface area contributed by atoms with Crippen LogP contribution in [0.2, 0.25) is 5.02 Å². The van der Waals surface area contributed by atoms with Crippen LogP contribution < -0.4 is 5.32 Å². The van der Waals surface area contributed by atoms with E-state index in [9.17, 15) is 9.18 Å². The summed E-state index contributed by atoms with van der Waals surface area (Å²) in [5.41, 5.74) is 1.42. The largest absolute Gasteiger partial charge is 0.337 e. The molecule has 0 aliphatic carbocycles. The summed E-state index contributed by atoms with van der Waals surface area (Å²) in [5.74, 6) is -1.22. The van der Waals surface area contributed by atoms with Crippen LogP contribution in [0.4, 0.5) is 4.39 Å². The number of aryl methyl sites for hydroxylation is 1. The molecule has 1 heterocycles. The second-order valence-electron chi connectivity index (χ2n) is 6.61. The Hall–Kier alpha value is -3.23. The van der Waals surface area contributed by atoms with E-state index in [1.807, 2.05) is 38.1 Å². The number of nitrogens with one attached hydrogen (secondary N) is 1. The van der Waals surface area contributed by atoms with Gasteiger partial charge in [-0.3, -0.25) is 9.78 Å². The van der Waals surface area contributed by atoms with E-state index in [0.29, 0.717) is 10.7 Å². The molecule has 1 aromatic heterocycles. The highest BCUT2D eigenvalue weighted by Gasteiger charge is 2.32. The van der Waals surface area contributed by atoms with Crippen LogP contribution in [0.5, 0.6) is 0 Å². The molecule has 0 fully saturated rings. The third-order valence-electron chi connectivity index (χ3n) is 4.56. The average molecular weight is 394 g/mol. The number of hydrogen-bond donors (Lipinski definition) is 1. The maximum atomic E-state index is 13.9. The first-order valence-electron chi connectivity index (χ1n) is 8.55. The summed E-state index contributed by atoms with van der Waals surface area (Å²) in [6.45, 7) is 3.75. The van der Waals surface area contributed by atoms with Crippen molar-refractivity contribution >= 4 is 17.5 Å². The van der Waals surface area contributed by atoms with E-state index < -0.39 is 17.3 Å². The molecule has 6 heteroatoms. The van der Waals surface area contributed by atoms with Gasteiger partial charge in [-0.1, -0.05) is 29.8 Å². The maximum absolute atomic E-state index is 13.9. The van der Waals surface area contributed by atoms with Crippen LogP contribution in [0.1, 0.15) is 39.7 Å². The third kappa shape index (κ3) is 3.88. The van der Waals surface area contributed by atoms with Gasteiger partial charge < -0.3 is 5.32 Å².